The molecule has 0 aliphatic heterocycles. The third-order valence-electron chi connectivity index (χ3n) is 2.72. The summed E-state index contributed by atoms with van der Waals surface area (Å²) in [6.45, 7) is 4.41. The molecule has 0 aliphatic rings. The number of aromatic amines is 1. The lowest BCUT2D eigenvalue weighted by molar-refractivity contribution is 0.300. The lowest BCUT2D eigenvalue weighted by Gasteiger charge is -2.02. The van der Waals surface area contributed by atoms with Crippen LogP contribution in [0.5, 0.6) is 0 Å². The monoisotopic (exact) mass is 189 g/mol. The molecule has 74 valence electrons. The van der Waals surface area contributed by atoms with Gasteiger partial charge in [-0.1, -0.05) is 12.1 Å². The van der Waals surface area contributed by atoms with Crippen molar-refractivity contribution >= 4 is 10.9 Å². The Morgan fingerprint density at radius 1 is 1.21 bits per heavy atom. The Bertz CT molecular complexity index is 457. The standard InChI is InChI=1S/C12H15NO/c1-8-3-4-9(2)12-11(8)10(5-6-14)7-13-12/h3-4,7,13-14H,5-6H2,1-2H3. The van der Waals surface area contributed by atoms with Crippen LogP contribution >= 0.6 is 0 Å². The summed E-state index contributed by atoms with van der Waals surface area (Å²) in [6.07, 6.45) is 2.73. The first kappa shape index (κ1) is 9.28. The molecule has 2 heteroatoms. The Hall–Kier alpha value is -1.28. The van der Waals surface area contributed by atoms with E-state index in [-0.39, 0.29) is 6.61 Å². The van der Waals surface area contributed by atoms with Crippen molar-refractivity contribution in [3.8, 4) is 0 Å². The number of benzene rings is 1. The number of hydrogen-bond acceptors (Lipinski definition) is 1. The largest absolute Gasteiger partial charge is 0.396 e. The number of aromatic nitrogens is 1. The molecule has 2 nitrogen and oxygen atoms in total. The molecule has 2 N–H and O–H groups in total. The van der Waals surface area contributed by atoms with Crippen LogP contribution in [0.25, 0.3) is 10.9 Å². The first-order chi connectivity index (χ1) is 6.74. The van der Waals surface area contributed by atoms with Crippen molar-refractivity contribution in [2.75, 3.05) is 6.61 Å². The van der Waals surface area contributed by atoms with E-state index in [1.165, 1.54) is 27.6 Å². The molecule has 0 bridgehead atoms. The van der Waals surface area contributed by atoms with Gasteiger partial charge in [0.05, 0.1) is 0 Å². The van der Waals surface area contributed by atoms with Crippen LogP contribution in [0, 0.1) is 13.8 Å². The predicted molar refractivity (Wildman–Crippen MR) is 58.6 cm³/mol. The number of hydrogen-bond donors (Lipinski definition) is 2. The summed E-state index contributed by atoms with van der Waals surface area (Å²) in [5, 5.41) is 10.2. The van der Waals surface area contributed by atoms with Gasteiger partial charge < -0.3 is 10.1 Å². The van der Waals surface area contributed by atoms with Crippen molar-refractivity contribution in [1.29, 1.82) is 0 Å². The first-order valence-electron chi connectivity index (χ1n) is 4.91. The molecule has 0 aliphatic carbocycles. The Morgan fingerprint density at radius 2 is 1.93 bits per heavy atom. The maximum absolute atomic E-state index is 8.94. The molecular weight excluding hydrogens is 174 g/mol. The maximum Gasteiger partial charge on any atom is 0.0489 e. The fourth-order valence-corrected chi connectivity index (χ4v) is 1.96. The van der Waals surface area contributed by atoms with Gasteiger partial charge in [0, 0.05) is 23.7 Å². The average Bonchev–Trinajstić information content (AvgIpc) is 2.58. The maximum atomic E-state index is 8.94. The zero-order chi connectivity index (χ0) is 10.1. The van der Waals surface area contributed by atoms with Gasteiger partial charge in [0.25, 0.3) is 0 Å². The van der Waals surface area contributed by atoms with Gasteiger partial charge in [-0.3, -0.25) is 0 Å². The van der Waals surface area contributed by atoms with E-state index in [1.807, 2.05) is 6.20 Å². The Morgan fingerprint density at radius 3 is 2.64 bits per heavy atom. The number of rotatable bonds is 2. The molecule has 0 spiro atoms. The number of fused-ring (bicyclic) bond motifs is 1. The third-order valence-corrected chi connectivity index (χ3v) is 2.72. The van der Waals surface area contributed by atoms with E-state index in [0.29, 0.717) is 0 Å². The topological polar surface area (TPSA) is 36.0 Å². The van der Waals surface area contributed by atoms with E-state index in [0.717, 1.165) is 6.42 Å². The summed E-state index contributed by atoms with van der Waals surface area (Å²) in [7, 11) is 0. The lowest BCUT2D eigenvalue weighted by Crippen LogP contribution is -1.90. The zero-order valence-electron chi connectivity index (χ0n) is 8.59. The van der Waals surface area contributed by atoms with Crippen LogP contribution in [0.1, 0.15) is 16.7 Å². The molecule has 2 rings (SSSR count). The van der Waals surface area contributed by atoms with Crippen LogP contribution in [-0.2, 0) is 6.42 Å². The van der Waals surface area contributed by atoms with E-state index in [4.69, 9.17) is 5.11 Å². The van der Waals surface area contributed by atoms with Gasteiger partial charge in [0.1, 0.15) is 0 Å². The van der Waals surface area contributed by atoms with Crippen molar-refractivity contribution in [2.45, 2.75) is 20.3 Å². The fourth-order valence-electron chi connectivity index (χ4n) is 1.96. The van der Waals surface area contributed by atoms with Crippen LogP contribution in [0.2, 0.25) is 0 Å². The molecule has 14 heavy (non-hydrogen) atoms. The van der Waals surface area contributed by atoms with Crippen molar-refractivity contribution < 1.29 is 5.11 Å². The van der Waals surface area contributed by atoms with Crippen molar-refractivity contribution in [3.63, 3.8) is 0 Å². The fraction of sp³-hybridized carbons (Fsp3) is 0.333. The first-order valence-corrected chi connectivity index (χ1v) is 4.91. The predicted octanol–water partition coefficient (Wildman–Crippen LogP) is 2.32. The summed E-state index contributed by atoms with van der Waals surface area (Å²) >= 11 is 0. The highest BCUT2D eigenvalue weighted by atomic mass is 16.2. The molecule has 0 atom stereocenters. The number of aryl methyl sites for hydroxylation is 2. The molecule has 0 radical (unpaired) electrons. The van der Waals surface area contributed by atoms with Gasteiger partial charge in [0.2, 0.25) is 0 Å². The van der Waals surface area contributed by atoms with E-state index >= 15 is 0 Å². The molecular formula is C12H15NO. The highest BCUT2D eigenvalue weighted by Gasteiger charge is 2.07. The van der Waals surface area contributed by atoms with Gasteiger partial charge in [-0.15, -0.1) is 0 Å². The molecule has 0 amide bonds. The highest BCUT2D eigenvalue weighted by molar-refractivity contribution is 5.88. The van der Waals surface area contributed by atoms with E-state index in [1.54, 1.807) is 0 Å². The smallest absolute Gasteiger partial charge is 0.0489 e. The van der Waals surface area contributed by atoms with Gasteiger partial charge in [-0.2, -0.15) is 0 Å². The average molecular weight is 189 g/mol. The SMILES string of the molecule is Cc1ccc(C)c2c(CCO)c[nH]c12. The van der Waals surface area contributed by atoms with Crippen molar-refractivity contribution in [1.82, 2.24) is 4.98 Å². The van der Waals surface area contributed by atoms with Crippen LogP contribution in [-0.4, -0.2) is 16.7 Å². The molecule has 0 saturated carbocycles. The summed E-state index contributed by atoms with van der Waals surface area (Å²) in [5.41, 5.74) is 4.95. The summed E-state index contributed by atoms with van der Waals surface area (Å²) in [5.74, 6) is 0. The highest BCUT2D eigenvalue weighted by Crippen LogP contribution is 2.25. The summed E-state index contributed by atoms with van der Waals surface area (Å²) < 4.78 is 0. The number of nitrogens with one attached hydrogen (secondary N) is 1. The third kappa shape index (κ3) is 1.32. The summed E-state index contributed by atoms with van der Waals surface area (Å²) in [4.78, 5) is 3.27. The second kappa shape index (κ2) is 3.46. The molecule has 1 aromatic carbocycles. The lowest BCUT2D eigenvalue weighted by atomic mass is 10.0. The minimum absolute atomic E-state index is 0.209. The molecule has 0 saturated heterocycles. The van der Waals surface area contributed by atoms with E-state index in [2.05, 4.69) is 31.0 Å². The number of aliphatic hydroxyl groups is 1. The number of H-pyrrole nitrogens is 1. The van der Waals surface area contributed by atoms with Crippen LogP contribution in [0.15, 0.2) is 18.3 Å². The minimum Gasteiger partial charge on any atom is -0.396 e. The van der Waals surface area contributed by atoms with Crippen molar-refractivity contribution in [3.05, 3.63) is 35.0 Å². The Balaban J connectivity index is 2.70. The number of aliphatic hydroxyl groups excluding tert-OH is 1. The molecule has 1 aromatic heterocycles. The molecule has 1 heterocycles. The van der Waals surface area contributed by atoms with Gasteiger partial charge >= 0.3 is 0 Å². The van der Waals surface area contributed by atoms with Crippen LogP contribution in [0.3, 0.4) is 0 Å². The van der Waals surface area contributed by atoms with Crippen molar-refractivity contribution in [2.24, 2.45) is 0 Å². The van der Waals surface area contributed by atoms with Crippen LogP contribution < -0.4 is 0 Å². The second-order valence-electron chi connectivity index (χ2n) is 3.74. The zero-order valence-corrected chi connectivity index (χ0v) is 8.59. The van der Waals surface area contributed by atoms with E-state index < -0.39 is 0 Å². The normalized spacial score (nSPS) is 11.1. The Labute approximate surface area is 83.6 Å². The second-order valence-corrected chi connectivity index (χ2v) is 3.74. The molecule has 0 unspecified atom stereocenters. The van der Waals surface area contributed by atoms with Gasteiger partial charge in [-0.25, -0.2) is 0 Å². The van der Waals surface area contributed by atoms with Gasteiger partial charge in [-0.05, 0) is 37.0 Å². The minimum atomic E-state index is 0.209. The molecule has 2 aromatic rings. The van der Waals surface area contributed by atoms with E-state index in [9.17, 15) is 0 Å². The quantitative estimate of drug-likeness (QED) is 0.747. The molecule has 0 fully saturated rings. The van der Waals surface area contributed by atoms with Crippen LogP contribution in [0.4, 0.5) is 0 Å². The summed E-state index contributed by atoms with van der Waals surface area (Å²) in [6, 6.07) is 4.25. The Kier molecular flexibility index (Phi) is 2.30. The van der Waals surface area contributed by atoms with Gasteiger partial charge in [0.15, 0.2) is 0 Å².